The number of amides is 2. The van der Waals surface area contributed by atoms with Crippen LogP contribution in [0.1, 0.15) is 6.92 Å². The third-order valence-corrected chi connectivity index (χ3v) is 3.95. The van der Waals surface area contributed by atoms with Gasteiger partial charge in [0, 0.05) is 28.4 Å². The summed E-state index contributed by atoms with van der Waals surface area (Å²) < 4.78 is 3.40. The van der Waals surface area contributed by atoms with Crippen LogP contribution in [0.5, 0.6) is 0 Å². The van der Waals surface area contributed by atoms with Crippen LogP contribution < -0.4 is 10.0 Å². The van der Waals surface area contributed by atoms with Gasteiger partial charge in [0.15, 0.2) is 0 Å². The van der Waals surface area contributed by atoms with E-state index < -0.39 is 6.03 Å². The van der Waals surface area contributed by atoms with Crippen LogP contribution in [0.15, 0.2) is 42.5 Å². The molecular formula is C15H15N3OS. The Morgan fingerprint density at radius 1 is 1.20 bits per heavy atom. The highest BCUT2D eigenvalue weighted by atomic mass is 32.1. The number of benzene rings is 2. The van der Waals surface area contributed by atoms with Crippen molar-refractivity contribution in [3.63, 3.8) is 0 Å². The van der Waals surface area contributed by atoms with Crippen molar-refractivity contribution in [2.24, 2.45) is 5.73 Å². The van der Waals surface area contributed by atoms with Gasteiger partial charge in [0.1, 0.15) is 0 Å². The van der Waals surface area contributed by atoms with Crippen molar-refractivity contribution in [2.75, 3.05) is 4.31 Å². The molecule has 1 heterocycles. The molecule has 0 saturated carbocycles. The van der Waals surface area contributed by atoms with Crippen molar-refractivity contribution in [2.45, 2.75) is 13.5 Å². The van der Waals surface area contributed by atoms with Crippen molar-refractivity contribution >= 4 is 46.3 Å². The summed E-state index contributed by atoms with van der Waals surface area (Å²) in [6, 6.07) is 13.4. The maximum atomic E-state index is 11.2. The largest absolute Gasteiger partial charge is 0.350 e. The SMILES string of the molecule is CCn1c2ccccc2c2cc(N(S)C(N)=O)ccc21. The zero-order valence-corrected chi connectivity index (χ0v) is 12.0. The number of nitrogens with two attached hydrogens (primary N) is 1. The summed E-state index contributed by atoms with van der Waals surface area (Å²) in [6.07, 6.45) is 0. The fraction of sp³-hybridized carbons (Fsp3) is 0.133. The number of fused-ring (bicyclic) bond motifs is 3. The van der Waals surface area contributed by atoms with E-state index in [9.17, 15) is 4.79 Å². The normalized spacial score (nSPS) is 11.1. The summed E-state index contributed by atoms with van der Waals surface area (Å²) in [5, 5.41) is 2.26. The van der Waals surface area contributed by atoms with Crippen LogP contribution in [0.2, 0.25) is 0 Å². The van der Waals surface area contributed by atoms with E-state index in [2.05, 4.69) is 36.4 Å². The standard InChI is InChI=1S/C15H15N3OS/c1-2-17-13-6-4-3-5-11(13)12-9-10(7-8-14(12)17)18(20)15(16)19/h3-9,20H,2H2,1H3,(H2,16,19). The number of nitrogens with zero attached hydrogens (tertiary/aromatic N) is 2. The fourth-order valence-corrected chi connectivity index (χ4v) is 2.77. The summed E-state index contributed by atoms with van der Waals surface area (Å²) >= 11 is 4.12. The zero-order valence-electron chi connectivity index (χ0n) is 11.1. The van der Waals surface area contributed by atoms with Crippen LogP contribution in [-0.2, 0) is 6.54 Å². The van der Waals surface area contributed by atoms with Gasteiger partial charge in [-0.25, -0.2) is 9.10 Å². The first-order valence-corrected chi connectivity index (χ1v) is 6.83. The Bertz CT molecular complexity index is 809. The molecule has 2 amide bonds. The quantitative estimate of drug-likeness (QED) is 0.695. The molecular weight excluding hydrogens is 270 g/mol. The third-order valence-electron chi connectivity index (χ3n) is 3.53. The second-order valence-corrected chi connectivity index (χ2v) is 5.01. The molecule has 0 bridgehead atoms. The number of urea groups is 1. The average molecular weight is 285 g/mol. The molecule has 0 atom stereocenters. The smallest absolute Gasteiger partial charge is 0.329 e. The first-order valence-electron chi connectivity index (χ1n) is 6.43. The molecule has 0 radical (unpaired) electrons. The maximum Gasteiger partial charge on any atom is 0.329 e. The number of hydrogen-bond acceptors (Lipinski definition) is 2. The van der Waals surface area contributed by atoms with Gasteiger partial charge in [-0.05, 0) is 31.2 Å². The number of thiol groups is 1. The lowest BCUT2D eigenvalue weighted by Gasteiger charge is -2.12. The van der Waals surface area contributed by atoms with Crippen molar-refractivity contribution in [3.8, 4) is 0 Å². The molecule has 2 aromatic carbocycles. The molecule has 0 unspecified atom stereocenters. The number of primary amides is 1. The molecule has 1 aromatic heterocycles. The van der Waals surface area contributed by atoms with E-state index in [1.165, 1.54) is 5.52 Å². The second kappa shape index (κ2) is 4.76. The van der Waals surface area contributed by atoms with Gasteiger partial charge in [0.05, 0.1) is 5.69 Å². The lowest BCUT2D eigenvalue weighted by molar-refractivity contribution is 0.257. The highest BCUT2D eigenvalue weighted by Gasteiger charge is 2.13. The number of aromatic nitrogens is 1. The third kappa shape index (κ3) is 1.82. The predicted octanol–water partition coefficient (Wildman–Crippen LogP) is 3.54. The Morgan fingerprint density at radius 3 is 2.60 bits per heavy atom. The Balaban J connectivity index is 2.34. The molecule has 5 heteroatoms. The van der Waals surface area contributed by atoms with Gasteiger partial charge in [-0.15, -0.1) is 0 Å². The zero-order chi connectivity index (χ0) is 14.3. The van der Waals surface area contributed by atoms with Crippen molar-refractivity contribution in [1.82, 2.24) is 4.57 Å². The molecule has 0 saturated heterocycles. The Labute approximate surface area is 122 Å². The average Bonchev–Trinajstić information content (AvgIpc) is 2.79. The van der Waals surface area contributed by atoms with Gasteiger partial charge in [-0.2, -0.15) is 0 Å². The number of para-hydroxylation sites is 1. The highest BCUT2D eigenvalue weighted by Crippen LogP contribution is 2.32. The summed E-state index contributed by atoms with van der Waals surface area (Å²) in [7, 11) is 0. The van der Waals surface area contributed by atoms with Gasteiger partial charge < -0.3 is 10.3 Å². The lowest BCUT2D eigenvalue weighted by Crippen LogP contribution is -2.27. The molecule has 3 aromatic rings. The minimum atomic E-state index is -0.591. The Morgan fingerprint density at radius 2 is 1.90 bits per heavy atom. The van der Waals surface area contributed by atoms with E-state index in [-0.39, 0.29) is 0 Å². The van der Waals surface area contributed by atoms with E-state index in [1.807, 2.05) is 30.3 Å². The summed E-state index contributed by atoms with van der Waals surface area (Å²) in [5.41, 5.74) is 8.26. The molecule has 0 spiro atoms. The van der Waals surface area contributed by atoms with Gasteiger partial charge >= 0.3 is 6.03 Å². The van der Waals surface area contributed by atoms with E-state index in [0.717, 1.165) is 27.1 Å². The van der Waals surface area contributed by atoms with Gasteiger partial charge in [0.2, 0.25) is 0 Å². The van der Waals surface area contributed by atoms with E-state index in [4.69, 9.17) is 5.73 Å². The Kier molecular flexibility index (Phi) is 3.06. The highest BCUT2D eigenvalue weighted by molar-refractivity contribution is 7.82. The van der Waals surface area contributed by atoms with Crippen LogP contribution >= 0.6 is 12.8 Å². The number of carbonyl (C=O) groups is 1. The number of anilines is 1. The second-order valence-electron chi connectivity index (χ2n) is 4.61. The van der Waals surface area contributed by atoms with Gasteiger partial charge in [0.25, 0.3) is 0 Å². The van der Waals surface area contributed by atoms with Crippen LogP contribution in [0.4, 0.5) is 10.5 Å². The number of carbonyl (C=O) groups excluding carboxylic acids is 1. The molecule has 2 N–H and O–H groups in total. The van der Waals surface area contributed by atoms with Crippen LogP contribution in [0.3, 0.4) is 0 Å². The monoisotopic (exact) mass is 285 g/mol. The summed E-state index contributed by atoms with van der Waals surface area (Å²) in [6.45, 7) is 3.01. The molecule has 0 aliphatic carbocycles. The summed E-state index contributed by atoms with van der Waals surface area (Å²) in [4.78, 5) is 11.2. The molecule has 0 fully saturated rings. The topological polar surface area (TPSA) is 51.3 Å². The minimum absolute atomic E-state index is 0.591. The molecule has 0 aliphatic heterocycles. The first-order chi connectivity index (χ1) is 9.63. The maximum absolute atomic E-state index is 11.2. The molecule has 4 nitrogen and oxygen atoms in total. The van der Waals surface area contributed by atoms with Crippen LogP contribution in [-0.4, -0.2) is 10.6 Å². The lowest BCUT2D eigenvalue weighted by atomic mass is 10.1. The molecule has 0 aliphatic rings. The number of hydrogen-bond donors (Lipinski definition) is 2. The van der Waals surface area contributed by atoms with Crippen LogP contribution in [0.25, 0.3) is 21.8 Å². The van der Waals surface area contributed by atoms with Crippen molar-refractivity contribution in [1.29, 1.82) is 0 Å². The molecule has 20 heavy (non-hydrogen) atoms. The van der Waals surface area contributed by atoms with Crippen molar-refractivity contribution in [3.05, 3.63) is 42.5 Å². The van der Waals surface area contributed by atoms with E-state index in [1.54, 1.807) is 0 Å². The summed E-state index contributed by atoms with van der Waals surface area (Å²) in [5.74, 6) is 0. The van der Waals surface area contributed by atoms with E-state index in [0.29, 0.717) is 5.69 Å². The molecule has 102 valence electrons. The van der Waals surface area contributed by atoms with Gasteiger partial charge in [-0.1, -0.05) is 31.0 Å². The minimum Gasteiger partial charge on any atom is -0.350 e. The predicted molar refractivity (Wildman–Crippen MR) is 86.2 cm³/mol. The van der Waals surface area contributed by atoms with Gasteiger partial charge in [-0.3, -0.25) is 0 Å². The Hall–Kier alpha value is -2.14. The number of aryl methyl sites for hydroxylation is 1. The van der Waals surface area contributed by atoms with Crippen LogP contribution in [0, 0.1) is 0 Å². The fourth-order valence-electron chi connectivity index (χ4n) is 2.64. The first kappa shape index (κ1) is 12.9. The van der Waals surface area contributed by atoms with E-state index >= 15 is 0 Å². The molecule has 3 rings (SSSR count). The van der Waals surface area contributed by atoms with Crippen molar-refractivity contribution < 1.29 is 4.79 Å². The number of rotatable bonds is 2.